The van der Waals surface area contributed by atoms with Gasteiger partial charge in [0, 0.05) is 48.4 Å². The number of aromatic nitrogens is 3. The summed E-state index contributed by atoms with van der Waals surface area (Å²) in [7, 11) is 0. The summed E-state index contributed by atoms with van der Waals surface area (Å²) >= 11 is 6.05. The van der Waals surface area contributed by atoms with E-state index in [4.69, 9.17) is 16.7 Å². The van der Waals surface area contributed by atoms with Crippen molar-refractivity contribution in [3.8, 4) is 11.3 Å². The molecular formula is C29H30ClFN6O. The summed E-state index contributed by atoms with van der Waals surface area (Å²) in [6, 6.07) is 18.8. The first-order valence-corrected chi connectivity index (χ1v) is 13.5. The molecule has 2 aliphatic rings. The number of nitrogens with zero attached hydrogens (tertiary/aromatic N) is 4. The molecule has 0 bridgehead atoms. The first kappa shape index (κ1) is 24.8. The number of imidazole rings is 1. The Morgan fingerprint density at radius 2 is 1.89 bits per heavy atom. The van der Waals surface area contributed by atoms with Crippen LogP contribution in [0, 0.1) is 5.92 Å². The highest BCUT2D eigenvalue weighted by Gasteiger charge is 2.28. The quantitative estimate of drug-likeness (QED) is 0.309. The third kappa shape index (κ3) is 5.66. The van der Waals surface area contributed by atoms with Crippen LogP contribution in [0.25, 0.3) is 16.9 Å². The molecule has 1 saturated carbocycles. The Kier molecular flexibility index (Phi) is 7.00. The number of fused-ring (bicyclic) bond motifs is 1. The molecule has 7 nitrogen and oxygen atoms in total. The lowest BCUT2D eigenvalue weighted by molar-refractivity contribution is 0.0727. The molecule has 2 fully saturated rings. The van der Waals surface area contributed by atoms with Crippen LogP contribution in [0.1, 0.15) is 35.2 Å². The zero-order chi connectivity index (χ0) is 26.1. The van der Waals surface area contributed by atoms with Crippen LogP contribution >= 0.6 is 11.6 Å². The largest absolute Gasteiger partial charge is 0.368 e. The summed E-state index contributed by atoms with van der Waals surface area (Å²) < 4.78 is 15.7. The van der Waals surface area contributed by atoms with Crippen LogP contribution in [0.3, 0.4) is 0 Å². The second-order valence-corrected chi connectivity index (χ2v) is 10.7. The number of halogens is 2. The Morgan fingerprint density at radius 3 is 2.61 bits per heavy atom. The van der Waals surface area contributed by atoms with Crippen molar-refractivity contribution in [1.82, 2.24) is 24.8 Å². The molecule has 1 aliphatic heterocycles. The van der Waals surface area contributed by atoms with Crippen molar-refractivity contribution in [3.63, 3.8) is 0 Å². The maximum atomic E-state index is 13.8. The fraction of sp³-hybridized carbons (Fsp3) is 0.345. The number of benzene rings is 2. The Bertz CT molecular complexity index is 1420. The second-order valence-electron chi connectivity index (χ2n) is 10.3. The normalized spacial score (nSPS) is 19.1. The van der Waals surface area contributed by atoms with Gasteiger partial charge in [0.2, 0.25) is 0 Å². The Morgan fingerprint density at radius 1 is 1.11 bits per heavy atom. The van der Waals surface area contributed by atoms with Crippen molar-refractivity contribution in [2.75, 3.05) is 25.0 Å². The summed E-state index contributed by atoms with van der Waals surface area (Å²) in [6.45, 7) is 2.11. The highest BCUT2D eigenvalue weighted by molar-refractivity contribution is 6.30. The van der Waals surface area contributed by atoms with Gasteiger partial charge in [-0.3, -0.25) is 4.79 Å². The molecule has 6 rings (SSSR count). The molecule has 9 heteroatoms. The van der Waals surface area contributed by atoms with Gasteiger partial charge in [-0.15, -0.1) is 5.10 Å². The van der Waals surface area contributed by atoms with Gasteiger partial charge >= 0.3 is 0 Å². The monoisotopic (exact) mass is 532 g/mol. The minimum Gasteiger partial charge on any atom is -0.368 e. The average Bonchev–Trinajstić information content (AvgIpc) is 3.54. The van der Waals surface area contributed by atoms with Crippen LogP contribution in [0.15, 0.2) is 66.9 Å². The van der Waals surface area contributed by atoms with Gasteiger partial charge in [0.05, 0.1) is 11.9 Å². The van der Waals surface area contributed by atoms with E-state index < -0.39 is 6.17 Å². The van der Waals surface area contributed by atoms with Crippen molar-refractivity contribution in [1.29, 1.82) is 0 Å². The van der Waals surface area contributed by atoms with Gasteiger partial charge in [-0.25, -0.2) is 13.9 Å². The lowest BCUT2D eigenvalue weighted by atomic mass is 10.1. The molecule has 2 aromatic heterocycles. The molecular weight excluding hydrogens is 503 g/mol. The van der Waals surface area contributed by atoms with E-state index in [1.54, 1.807) is 11.1 Å². The second kappa shape index (κ2) is 10.7. The van der Waals surface area contributed by atoms with Gasteiger partial charge in [-0.05, 0) is 67.1 Å². The topological polar surface area (TPSA) is 74.6 Å². The standard InChI is InChI=1S/C29H30ClFN6O/c30-23-9-3-20(4-10-23)17-36(18-25-13-24(31)15-32-25)29(38)22-7-5-21(6-8-22)26-16-34-28-12-11-27(35-37(26)28)33-14-19-1-2-19/h3-12,16,19,24-25,32H,1-2,13-15,17-18H2,(H,33,35)/t24-,25+/m1/s1. The van der Waals surface area contributed by atoms with Crippen molar-refractivity contribution < 1.29 is 9.18 Å². The van der Waals surface area contributed by atoms with E-state index in [9.17, 15) is 9.18 Å². The number of hydrogen-bond donors (Lipinski definition) is 2. The van der Waals surface area contributed by atoms with Crippen molar-refractivity contribution in [2.24, 2.45) is 5.92 Å². The number of anilines is 1. The lowest BCUT2D eigenvalue weighted by Crippen LogP contribution is -2.40. The SMILES string of the molecule is O=C(c1ccc(-c2cnc3ccc(NCC4CC4)nn23)cc1)N(Cc1ccc(Cl)cc1)C[C@@H]1C[C@@H](F)CN1. The first-order valence-electron chi connectivity index (χ1n) is 13.1. The van der Waals surface area contributed by atoms with E-state index in [1.807, 2.05) is 65.2 Å². The van der Waals surface area contributed by atoms with E-state index in [-0.39, 0.29) is 11.9 Å². The highest BCUT2D eigenvalue weighted by Crippen LogP contribution is 2.29. The molecule has 1 saturated heterocycles. The minimum atomic E-state index is -0.879. The van der Waals surface area contributed by atoms with Gasteiger partial charge in [0.15, 0.2) is 5.65 Å². The first-order chi connectivity index (χ1) is 18.5. The molecule has 3 heterocycles. The number of alkyl halides is 1. The average molecular weight is 533 g/mol. The summed E-state index contributed by atoms with van der Waals surface area (Å²) in [5.74, 6) is 1.48. The fourth-order valence-corrected chi connectivity index (χ4v) is 5.03. The molecule has 1 amide bonds. The zero-order valence-corrected chi connectivity index (χ0v) is 21.7. The van der Waals surface area contributed by atoms with Gasteiger partial charge in [0.1, 0.15) is 12.0 Å². The zero-order valence-electron chi connectivity index (χ0n) is 21.0. The van der Waals surface area contributed by atoms with Crippen LogP contribution in [-0.2, 0) is 6.54 Å². The molecule has 2 aromatic carbocycles. The summed E-state index contributed by atoms with van der Waals surface area (Å²) in [4.78, 5) is 19.9. The Hall–Kier alpha value is -3.49. The van der Waals surface area contributed by atoms with Crippen molar-refractivity contribution in [2.45, 2.75) is 38.0 Å². The van der Waals surface area contributed by atoms with E-state index in [1.165, 1.54) is 12.8 Å². The highest BCUT2D eigenvalue weighted by atomic mass is 35.5. The summed E-state index contributed by atoms with van der Waals surface area (Å²) in [5, 5.41) is 12.0. The predicted molar refractivity (Wildman–Crippen MR) is 147 cm³/mol. The van der Waals surface area contributed by atoms with E-state index in [0.29, 0.717) is 36.6 Å². The molecule has 38 heavy (non-hydrogen) atoms. The minimum absolute atomic E-state index is 0.0764. The Labute approximate surface area is 226 Å². The lowest BCUT2D eigenvalue weighted by Gasteiger charge is -2.26. The molecule has 0 unspecified atom stereocenters. The van der Waals surface area contributed by atoms with Crippen molar-refractivity contribution in [3.05, 3.63) is 83.0 Å². The van der Waals surface area contributed by atoms with Crippen LogP contribution in [0.4, 0.5) is 10.2 Å². The van der Waals surface area contributed by atoms with Crippen LogP contribution < -0.4 is 10.6 Å². The van der Waals surface area contributed by atoms with Crippen molar-refractivity contribution >= 4 is 29.0 Å². The third-order valence-electron chi connectivity index (χ3n) is 7.24. The number of hydrogen-bond acceptors (Lipinski definition) is 5. The third-order valence-corrected chi connectivity index (χ3v) is 7.49. The molecule has 2 atom stereocenters. The molecule has 0 radical (unpaired) electrons. The number of nitrogens with one attached hydrogen (secondary N) is 2. The van der Waals surface area contributed by atoms with Gasteiger partial charge in [0.25, 0.3) is 5.91 Å². The van der Waals surface area contributed by atoms with Crippen LogP contribution in [0.5, 0.6) is 0 Å². The van der Waals surface area contributed by atoms with Gasteiger partial charge in [-0.1, -0.05) is 35.9 Å². The number of carbonyl (C=O) groups excluding carboxylic acids is 1. The summed E-state index contributed by atoms with van der Waals surface area (Å²) in [5.41, 5.74) is 4.09. The number of rotatable bonds is 9. The number of amides is 1. The molecule has 196 valence electrons. The van der Waals surface area contributed by atoms with E-state index in [0.717, 1.165) is 40.7 Å². The Balaban J connectivity index is 1.22. The fourth-order valence-electron chi connectivity index (χ4n) is 4.91. The molecule has 1 aliphatic carbocycles. The molecule has 0 spiro atoms. The maximum Gasteiger partial charge on any atom is 0.254 e. The molecule has 2 N–H and O–H groups in total. The van der Waals surface area contributed by atoms with Crippen LogP contribution in [0.2, 0.25) is 5.02 Å². The smallest absolute Gasteiger partial charge is 0.254 e. The molecule has 4 aromatic rings. The van der Waals surface area contributed by atoms with E-state index in [2.05, 4.69) is 15.6 Å². The van der Waals surface area contributed by atoms with Crippen LogP contribution in [-0.4, -0.2) is 57.3 Å². The predicted octanol–water partition coefficient (Wildman–Crippen LogP) is 5.21. The van der Waals surface area contributed by atoms with Gasteiger partial charge in [-0.2, -0.15) is 0 Å². The van der Waals surface area contributed by atoms with Gasteiger partial charge < -0.3 is 15.5 Å². The number of carbonyl (C=O) groups is 1. The summed E-state index contributed by atoms with van der Waals surface area (Å²) in [6.07, 6.45) is 3.89. The maximum absolute atomic E-state index is 13.8. The van der Waals surface area contributed by atoms with E-state index >= 15 is 0 Å².